The zero-order chi connectivity index (χ0) is 47.3. The van der Waals surface area contributed by atoms with Crippen molar-refractivity contribution in [1.29, 1.82) is 10.5 Å². The number of aromatic nitrogens is 4. The molecule has 0 radical (unpaired) electrons. The normalized spacial score (nSPS) is 12.5. The second-order valence-electron chi connectivity index (χ2n) is 21.6. The Morgan fingerprint density at radius 1 is 0.333 bits per heavy atom. The molecule has 330 valence electrons. The summed E-state index contributed by atoms with van der Waals surface area (Å²) in [7, 11) is 0. The van der Waals surface area contributed by atoms with Gasteiger partial charge in [-0.25, -0.2) is 9.97 Å². The molecule has 7 aromatic rings. The molecule has 3 aromatic heterocycles. The third-order valence-corrected chi connectivity index (χ3v) is 12.7. The van der Waals surface area contributed by atoms with Crippen molar-refractivity contribution in [2.24, 2.45) is 0 Å². The molecule has 0 saturated carbocycles. The number of nitrogens with one attached hydrogen (secondary N) is 2. The number of nitrogens with zero attached hydrogens (tertiary/aromatic N) is 4. The summed E-state index contributed by atoms with van der Waals surface area (Å²) in [5.41, 5.74) is 16.1. The van der Waals surface area contributed by atoms with E-state index in [4.69, 9.17) is 9.97 Å². The van der Waals surface area contributed by atoms with Crippen LogP contribution >= 0.6 is 0 Å². The molecule has 6 heteroatoms. The second-order valence-corrected chi connectivity index (χ2v) is 21.6. The first-order valence-corrected chi connectivity index (χ1v) is 22.9. The third-order valence-electron chi connectivity index (χ3n) is 12.7. The van der Waals surface area contributed by atoms with Gasteiger partial charge in [-0.05, 0) is 103 Å². The molecule has 6 bridgehead atoms. The van der Waals surface area contributed by atoms with Gasteiger partial charge in [-0.3, -0.25) is 0 Å². The number of aromatic amines is 2. The third kappa shape index (κ3) is 9.02. The average molecular weight is 865 g/mol. The van der Waals surface area contributed by atoms with Crippen molar-refractivity contribution in [2.45, 2.75) is 105 Å². The highest BCUT2D eigenvalue weighted by molar-refractivity contribution is 5.97. The van der Waals surface area contributed by atoms with E-state index in [2.05, 4.69) is 202 Å². The van der Waals surface area contributed by atoms with Crippen molar-refractivity contribution in [2.75, 3.05) is 0 Å². The first-order chi connectivity index (χ1) is 31.1. The molecular weight excluding hydrogens is 805 g/mol. The van der Waals surface area contributed by atoms with Crippen molar-refractivity contribution < 1.29 is 0 Å². The summed E-state index contributed by atoms with van der Waals surface area (Å²) in [6, 6.07) is 47.1. The monoisotopic (exact) mass is 864 g/mol. The Labute approximate surface area is 390 Å². The first kappa shape index (κ1) is 45.3. The molecule has 4 heterocycles. The first-order valence-electron chi connectivity index (χ1n) is 22.9. The Bertz CT molecular complexity index is 3020. The van der Waals surface area contributed by atoms with Gasteiger partial charge in [0.25, 0.3) is 0 Å². The van der Waals surface area contributed by atoms with Gasteiger partial charge < -0.3 is 9.97 Å². The van der Waals surface area contributed by atoms with Crippen LogP contribution in [0.1, 0.15) is 128 Å². The summed E-state index contributed by atoms with van der Waals surface area (Å²) in [6.45, 7) is 26.4. The SMILES string of the molecule is CC(C)(C)c1ccc(-c2c(C#N)nc(C#N)c(-c3ccc(C(C)(C)C)cc3)c3ccc([nH]3)c(-c3ccc(C(C)(C)C)cc3)c3nc(c(-c4ccc(C(C)(C)C)cc4)c4ccc2[nH]4)C=C3)cc1. The largest absolute Gasteiger partial charge is 0.354 e. The number of hydrogen-bond donors (Lipinski definition) is 2. The molecule has 0 unspecified atom stereocenters. The molecule has 1 aliphatic rings. The zero-order valence-corrected chi connectivity index (χ0v) is 40.5. The van der Waals surface area contributed by atoms with E-state index in [1.165, 1.54) is 11.1 Å². The molecule has 6 nitrogen and oxygen atoms in total. The van der Waals surface area contributed by atoms with Gasteiger partial charge in [-0.2, -0.15) is 10.5 Å². The Morgan fingerprint density at radius 2 is 0.576 bits per heavy atom. The van der Waals surface area contributed by atoms with E-state index in [0.717, 1.165) is 66.9 Å². The van der Waals surface area contributed by atoms with Crippen molar-refractivity contribution in [3.05, 3.63) is 166 Å². The maximum atomic E-state index is 11.2. The van der Waals surface area contributed by atoms with Crippen molar-refractivity contribution in [1.82, 2.24) is 19.9 Å². The van der Waals surface area contributed by atoms with Gasteiger partial charge in [0.05, 0.1) is 11.4 Å². The van der Waals surface area contributed by atoms with Crippen LogP contribution in [0, 0.1) is 22.7 Å². The molecule has 0 atom stereocenters. The van der Waals surface area contributed by atoms with Crippen molar-refractivity contribution >= 4 is 34.2 Å². The fourth-order valence-electron chi connectivity index (χ4n) is 8.67. The zero-order valence-electron chi connectivity index (χ0n) is 40.5. The van der Waals surface area contributed by atoms with Crippen molar-refractivity contribution in [3.8, 4) is 56.6 Å². The maximum Gasteiger partial charge on any atom is 0.151 e. The van der Waals surface area contributed by atoms with Gasteiger partial charge >= 0.3 is 0 Å². The summed E-state index contributed by atoms with van der Waals surface area (Å²) < 4.78 is 0. The Balaban J connectivity index is 1.57. The molecule has 0 saturated heterocycles. The standard InChI is InChI=1S/C60H60N6/c1-57(2,3)41-21-13-37(14-22-41)53-45-29-30-46(63-45)54(38-15-23-42(24-16-38)58(4,5)6)48-32-34-50(65-48)56(40-19-27-44(28-20-40)60(10,11)12)52(36-62)66-51(35-61)55(49-33-31-47(53)64-49)39-17-25-43(26-18-39)59(7,8)9/h13-34,64-65H,1-12H3. The van der Waals surface area contributed by atoms with E-state index in [-0.39, 0.29) is 33.0 Å². The van der Waals surface area contributed by atoms with Crippen LogP contribution in [0.3, 0.4) is 0 Å². The van der Waals surface area contributed by atoms with Crippen LogP contribution in [0.25, 0.3) is 78.7 Å². The Morgan fingerprint density at radius 3 is 0.818 bits per heavy atom. The van der Waals surface area contributed by atoms with E-state index in [1.807, 2.05) is 36.4 Å². The number of hydrogen-bond acceptors (Lipinski definition) is 4. The van der Waals surface area contributed by atoms with Gasteiger partial charge in [-0.15, -0.1) is 0 Å². The lowest BCUT2D eigenvalue weighted by atomic mass is 9.86. The van der Waals surface area contributed by atoms with Gasteiger partial charge in [0.2, 0.25) is 0 Å². The number of nitriles is 2. The summed E-state index contributed by atoms with van der Waals surface area (Å²) in [4.78, 5) is 18.0. The predicted octanol–water partition coefficient (Wildman–Crippen LogP) is 15.8. The van der Waals surface area contributed by atoms with Gasteiger partial charge in [0.15, 0.2) is 11.4 Å². The predicted molar refractivity (Wildman–Crippen MR) is 276 cm³/mol. The fraction of sp³-hybridized carbons (Fsp3) is 0.267. The Hall–Kier alpha value is -7.28. The van der Waals surface area contributed by atoms with Crippen LogP contribution in [0.15, 0.2) is 121 Å². The molecule has 8 rings (SSSR count). The smallest absolute Gasteiger partial charge is 0.151 e. The molecule has 0 aliphatic carbocycles. The lowest BCUT2D eigenvalue weighted by Gasteiger charge is -2.19. The highest BCUT2D eigenvalue weighted by atomic mass is 14.8. The number of fused-ring (bicyclic) bond motifs is 6. The summed E-state index contributed by atoms with van der Waals surface area (Å²) in [5.74, 6) is 0. The van der Waals surface area contributed by atoms with Crippen LogP contribution in [-0.4, -0.2) is 19.9 Å². The van der Waals surface area contributed by atoms with Gasteiger partial charge in [0.1, 0.15) is 12.1 Å². The van der Waals surface area contributed by atoms with Crippen LogP contribution in [0.5, 0.6) is 0 Å². The topological polar surface area (TPSA) is 105 Å². The number of benzene rings is 4. The highest BCUT2D eigenvalue weighted by Crippen LogP contribution is 2.39. The van der Waals surface area contributed by atoms with E-state index in [9.17, 15) is 10.5 Å². The van der Waals surface area contributed by atoms with Crippen molar-refractivity contribution in [3.63, 3.8) is 0 Å². The highest BCUT2D eigenvalue weighted by Gasteiger charge is 2.22. The minimum absolute atomic E-state index is 0.0256. The molecule has 66 heavy (non-hydrogen) atoms. The quantitative estimate of drug-likeness (QED) is 0.184. The minimum Gasteiger partial charge on any atom is -0.354 e. The molecule has 2 N–H and O–H groups in total. The average Bonchev–Trinajstić information content (AvgIpc) is 4.06. The molecule has 4 aromatic carbocycles. The summed E-state index contributed by atoms with van der Waals surface area (Å²) in [5, 5.41) is 22.4. The minimum atomic E-state index is -0.0799. The Kier molecular flexibility index (Phi) is 11.6. The second kappa shape index (κ2) is 16.9. The van der Waals surface area contributed by atoms with Gasteiger partial charge in [-0.1, -0.05) is 180 Å². The van der Waals surface area contributed by atoms with E-state index >= 15 is 0 Å². The van der Waals surface area contributed by atoms with Crippen LogP contribution < -0.4 is 0 Å². The van der Waals surface area contributed by atoms with E-state index < -0.39 is 0 Å². The molecule has 1 aliphatic heterocycles. The van der Waals surface area contributed by atoms with Crippen LogP contribution in [-0.2, 0) is 21.7 Å². The van der Waals surface area contributed by atoms with Crippen LogP contribution in [0.2, 0.25) is 0 Å². The fourth-order valence-corrected chi connectivity index (χ4v) is 8.67. The number of rotatable bonds is 4. The van der Waals surface area contributed by atoms with E-state index in [0.29, 0.717) is 22.2 Å². The van der Waals surface area contributed by atoms with E-state index in [1.54, 1.807) is 0 Å². The number of H-pyrrole nitrogens is 2. The molecule has 0 fully saturated rings. The van der Waals surface area contributed by atoms with Crippen LogP contribution in [0.4, 0.5) is 0 Å². The molecular formula is C60H60N6. The lowest BCUT2D eigenvalue weighted by molar-refractivity contribution is 0.590. The molecule has 0 amide bonds. The summed E-state index contributed by atoms with van der Waals surface area (Å²) in [6.07, 6.45) is 4.20. The van der Waals surface area contributed by atoms with Gasteiger partial charge in [0, 0.05) is 44.3 Å². The molecule has 0 spiro atoms. The summed E-state index contributed by atoms with van der Waals surface area (Å²) >= 11 is 0. The lowest BCUT2D eigenvalue weighted by Crippen LogP contribution is -2.10. The maximum absolute atomic E-state index is 11.2.